The summed E-state index contributed by atoms with van der Waals surface area (Å²) in [5.41, 5.74) is -0.576. The fourth-order valence-corrected chi connectivity index (χ4v) is 1.58. The van der Waals surface area contributed by atoms with E-state index in [1.165, 1.54) is 0 Å². The van der Waals surface area contributed by atoms with Crippen molar-refractivity contribution >= 4 is 18.5 Å². The second-order valence-electron chi connectivity index (χ2n) is 3.71. The lowest BCUT2D eigenvalue weighted by molar-refractivity contribution is -0.104. The molecule has 106 valence electrons. The second-order valence-corrected chi connectivity index (χ2v) is 3.71. The van der Waals surface area contributed by atoms with Gasteiger partial charge in [-0.2, -0.15) is 0 Å². The number of cyclic esters (lactones) is 1. The van der Waals surface area contributed by atoms with Crippen molar-refractivity contribution in [2.75, 3.05) is 6.61 Å². The number of hydrogen-bond acceptors (Lipinski definition) is 2. The van der Waals surface area contributed by atoms with Crippen molar-refractivity contribution in [2.24, 2.45) is 0 Å². The maximum atomic E-state index is 13.4. The van der Waals surface area contributed by atoms with E-state index in [0.29, 0.717) is 12.1 Å². The molecule has 2 rings (SSSR count). The van der Waals surface area contributed by atoms with Crippen molar-refractivity contribution < 1.29 is 31.5 Å². The van der Waals surface area contributed by atoms with E-state index in [-0.39, 0.29) is 12.4 Å². The minimum atomic E-state index is -3.55. The van der Waals surface area contributed by atoms with Gasteiger partial charge in [0.05, 0.1) is 0 Å². The molecule has 0 unspecified atom stereocenters. The maximum absolute atomic E-state index is 13.4. The first-order valence-electron chi connectivity index (χ1n) is 4.77. The van der Waals surface area contributed by atoms with Gasteiger partial charge in [-0.05, 0) is 17.7 Å². The van der Waals surface area contributed by atoms with E-state index in [2.05, 4.69) is 4.74 Å². The van der Waals surface area contributed by atoms with Crippen LogP contribution in [0.15, 0.2) is 12.1 Å². The molecule has 1 N–H and O–H groups in total. The van der Waals surface area contributed by atoms with Gasteiger partial charge in [-0.3, -0.25) is 0 Å². The predicted molar refractivity (Wildman–Crippen MR) is 55.7 cm³/mol. The van der Waals surface area contributed by atoms with Crippen LogP contribution in [0.25, 0.3) is 0 Å². The van der Waals surface area contributed by atoms with E-state index in [4.69, 9.17) is 0 Å². The van der Waals surface area contributed by atoms with Gasteiger partial charge in [-0.15, -0.1) is 12.4 Å². The Morgan fingerprint density at radius 3 is 2.26 bits per heavy atom. The van der Waals surface area contributed by atoms with Gasteiger partial charge in [0.2, 0.25) is 0 Å². The van der Waals surface area contributed by atoms with Crippen LogP contribution < -0.4 is 5.32 Å². The number of alkyl halides is 2. The van der Waals surface area contributed by atoms with Crippen molar-refractivity contribution in [2.45, 2.75) is 12.0 Å². The van der Waals surface area contributed by atoms with Crippen molar-refractivity contribution in [1.82, 2.24) is 5.32 Å². The summed E-state index contributed by atoms with van der Waals surface area (Å²) in [6, 6.07) is -1.16. The SMILES string of the molecule is Cl.O=C1N[C@H](c2cc(F)c(F)c(F)c2)C(F)(F)CO1. The number of carbonyl (C=O) groups is 1. The first-order chi connectivity index (χ1) is 8.31. The van der Waals surface area contributed by atoms with Crippen molar-refractivity contribution in [3.63, 3.8) is 0 Å². The molecule has 1 aromatic carbocycles. The van der Waals surface area contributed by atoms with E-state index in [1.54, 1.807) is 5.32 Å². The van der Waals surface area contributed by atoms with Crippen molar-refractivity contribution in [3.8, 4) is 0 Å². The smallest absolute Gasteiger partial charge is 0.408 e. The molecule has 0 radical (unpaired) electrons. The second kappa shape index (κ2) is 5.20. The largest absolute Gasteiger partial charge is 0.443 e. The number of rotatable bonds is 1. The molecule has 0 bridgehead atoms. The van der Waals surface area contributed by atoms with Gasteiger partial charge >= 0.3 is 12.0 Å². The van der Waals surface area contributed by atoms with Crippen LogP contribution in [0.1, 0.15) is 11.6 Å². The lowest BCUT2D eigenvalue weighted by atomic mass is 9.99. The van der Waals surface area contributed by atoms with Crippen molar-refractivity contribution in [1.29, 1.82) is 0 Å². The highest BCUT2D eigenvalue weighted by molar-refractivity contribution is 5.85. The summed E-state index contributed by atoms with van der Waals surface area (Å²) in [4.78, 5) is 10.8. The third-order valence-electron chi connectivity index (χ3n) is 2.42. The van der Waals surface area contributed by atoms with Gasteiger partial charge in [-0.1, -0.05) is 0 Å². The van der Waals surface area contributed by atoms with Gasteiger partial charge in [0.1, 0.15) is 6.04 Å². The average Bonchev–Trinajstić information content (AvgIpc) is 2.28. The molecular formula is C10H7ClF5NO2. The van der Waals surface area contributed by atoms with Gasteiger partial charge in [-0.25, -0.2) is 26.7 Å². The lowest BCUT2D eigenvalue weighted by Gasteiger charge is -2.31. The predicted octanol–water partition coefficient (Wildman–Crippen LogP) is 2.94. The Bertz CT molecular complexity index is 488. The fraction of sp³-hybridized carbons (Fsp3) is 0.300. The molecule has 1 saturated heterocycles. The summed E-state index contributed by atoms with van der Waals surface area (Å²) < 4.78 is 69.5. The molecule has 1 fully saturated rings. The summed E-state index contributed by atoms with van der Waals surface area (Å²) in [6.45, 7) is -1.22. The molecule has 0 spiro atoms. The van der Waals surface area contributed by atoms with Crippen LogP contribution in [-0.2, 0) is 4.74 Å². The first kappa shape index (κ1) is 15.5. The van der Waals surface area contributed by atoms with Crippen LogP contribution in [0.2, 0.25) is 0 Å². The fourth-order valence-electron chi connectivity index (χ4n) is 1.58. The summed E-state index contributed by atoms with van der Waals surface area (Å²) >= 11 is 0. The number of hydrogen-bond donors (Lipinski definition) is 1. The van der Waals surface area contributed by atoms with E-state index in [1.807, 2.05) is 0 Å². The van der Waals surface area contributed by atoms with Crippen LogP contribution in [0, 0.1) is 17.5 Å². The topological polar surface area (TPSA) is 38.3 Å². The molecule has 1 aliphatic heterocycles. The molecule has 0 saturated carbocycles. The highest BCUT2D eigenvalue weighted by Gasteiger charge is 2.47. The van der Waals surface area contributed by atoms with E-state index >= 15 is 0 Å². The quantitative estimate of drug-likeness (QED) is 0.640. The van der Waals surface area contributed by atoms with Crippen LogP contribution in [-0.4, -0.2) is 18.6 Å². The summed E-state index contributed by atoms with van der Waals surface area (Å²) in [5, 5.41) is 1.73. The summed E-state index contributed by atoms with van der Waals surface area (Å²) in [5.74, 6) is -8.53. The Kier molecular flexibility index (Phi) is 4.24. The molecule has 1 atom stereocenters. The van der Waals surface area contributed by atoms with Gasteiger partial charge in [0.15, 0.2) is 24.1 Å². The molecule has 1 aliphatic rings. The monoisotopic (exact) mass is 303 g/mol. The summed E-state index contributed by atoms with van der Waals surface area (Å²) in [7, 11) is 0. The zero-order valence-corrected chi connectivity index (χ0v) is 9.87. The number of carbonyl (C=O) groups excluding carboxylic acids is 1. The van der Waals surface area contributed by atoms with Crippen LogP contribution in [0.4, 0.5) is 26.7 Å². The Morgan fingerprint density at radius 2 is 1.74 bits per heavy atom. The Labute approximate surface area is 110 Å². The highest BCUT2D eigenvalue weighted by Crippen LogP contribution is 2.35. The summed E-state index contributed by atoms with van der Waals surface area (Å²) in [6.07, 6.45) is -1.14. The lowest BCUT2D eigenvalue weighted by Crippen LogP contribution is -2.49. The Hall–Kier alpha value is -1.57. The van der Waals surface area contributed by atoms with Gasteiger partial charge in [0.25, 0.3) is 0 Å². The maximum Gasteiger partial charge on any atom is 0.408 e. The normalized spacial score (nSPS) is 21.1. The van der Waals surface area contributed by atoms with E-state index in [0.717, 1.165) is 0 Å². The molecular weight excluding hydrogens is 297 g/mol. The minimum absolute atomic E-state index is 0. The Morgan fingerprint density at radius 1 is 1.21 bits per heavy atom. The van der Waals surface area contributed by atoms with Crippen LogP contribution in [0.3, 0.4) is 0 Å². The molecule has 0 aromatic heterocycles. The molecule has 1 aromatic rings. The molecule has 0 aliphatic carbocycles. The first-order valence-corrected chi connectivity index (χ1v) is 4.77. The van der Waals surface area contributed by atoms with E-state index < -0.39 is 47.7 Å². The van der Waals surface area contributed by atoms with Crippen LogP contribution >= 0.6 is 12.4 Å². The third kappa shape index (κ3) is 2.89. The number of ether oxygens (including phenoxy) is 1. The number of nitrogens with one attached hydrogen (secondary N) is 1. The number of benzene rings is 1. The molecule has 1 amide bonds. The third-order valence-corrected chi connectivity index (χ3v) is 2.42. The highest BCUT2D eigenvalue weighted by atomic mass is 35.5. The zero-order chi connectivity index (χ0) is 13.5. The van der Waals surface area contributed by atoms with Gasteiger partial charge < -0.3 is 10.1 Å². The van der Waals surface area contributed by atoms with Crippen LogP contribution in [0.5, 0.6) is 0 Å². The average molecular weight is 304 g/mol. The standard InChI is InChI=1S/C10H6F5NO2.ClH/c11-5-1-4(2-6(12)7(5)13)8-10(14,15)3-18-9(17)16-8;/h1-2,8H,3H2,(H,16,17);1H/t8-;/m1./s1. The van der Waals surface area contributed by atoms with E-state index in [9.17, 15) is 26.7 Å². The molecule has 19 heavy (non-hydrogen) atoms. The zero-order valence-electron chi connectivity index (χ0n) is 9.05. The minimum Gasteiger partial charge on any atom is -0.443 e. The molecule has 3 nitrogen and oxygen atoms in total. The number of amides is 1. The van der Waals surface area contributed by atoms with Crippen molar-refractivity contribution in [3.05, 3.63) is 35.1 Å². The van der Waals surface area contributed by atoms with Gasteiger partial charge in [0, 0.05) is 0 Å². The number of halogens is 6. The Balaban J connectivity index is 0.00000180. The number of alkyl carbamates (subject to hydrolysis) is 1. The molecule has 1 heterocycles. The molecule has 9 heteroatoms.